The zero-order valence-corrected chi connectivity index (χ0v) is 18.4. The molecule has 2 saturated heterocycles. The molecule has 0 saturated carbocycles. The van der Waals surface area contributed by atoms with Crippen LogP contribution in [0.5, 0.6) is 0 Å². The molecule has 0 aliphatic carbocycles. The van der Waals surface area contributed by atoms with Crippen molar-refractivity contribution in [3.8, 4) is 11.1 Å². The first-order chi connectivity index (χ1) is 14.7. The van der Waals surface area contributed by atoms with Crippen LogP contribution in [0.1, 0.15) is 19.7 Å². The first-order valence-electron chi connectivity index (χ1n) is 10.7. The predicted octanol–water partition coefficient (Wildman–Crippen LogP) is 3.80. The van der Waals surface area contributed by atoms with Gasteiger partial charge in [-0.25, -0.2) is 9.97 Å². The van der Waals surface area contributed by atoms with Crippen LogP contribution in [-0.4, -0.2) is 66.5 Å². The number of anilines is 1. The molecule has 2 aliphatic rings. The van der Waals surface area contributed by atoms with Crippen LogP contribution in [0.25, 0.3) is 21.3 Å². The summed E-state index contributed by atoms with van der Waals surface area (Å²) in [6.45, 7) is 10.2. The average Bonchev–Trinajstić information content (AvgIpc) is 3.18. The Labute approximate surface area is 181 Å². The summed E-state index contributed by atoms with van der Waals surface area (Å²) in [4.78, 5) is 15.9. The van der Waals surface area contributed by atoms with Gasteiger partial charge in [0, 0.05) is 37.1 Å². The highest BCUT2D eigenvalue weighted by molar-refractivity contribution is 7.17. The van der Waals surface area contributed by atoms with Crippen molar-refractivity contribution in [3.63, 3.8) is 0 Å². The number of ether oxygens (including phenoxy) is 2. The van der Waals surface area contributed by atoms with Gasteiger partial charge in [-0.2, -0.15) is 0 Å². The lowest BCUT2D eigenvalue weighted by Crippen LogP contribution is -2.46. The van der Waals surface area contributed by atoms with Crippen molar-refractivity contribution in [2.45, 2.75) is 32.6 Å². The fraction of sp³-hybridized carbons (Fsp3) is 0.478. The smallest absolute Gasteiger partial charge is 0.146 e. The molecule has 7 heteroatoms. The molecule has 0 spiro atoms. The number of benzene rings is 1. The molecule has 158 valence electrons. The van der Waals surface area contributed by atoms with Crippen LogP contribution in [0, 0.1) is 0 Å². The maximum atomic E-state index is 5.99. The Morgan fingerprint density at radius 2 is 1.77 bits per heavy atom. The minimum absolute atomic E-state index is 0.181. The van der Waals surface area contributed by atoms with Crippen molar-refractivity contribution in [2.75, 3.05) is 44.3 Å². The van der Waals surface area contributed by atoms with E-state index in [-0.39, 0.29) is 12.2 Å². The number of aromatic nitrogens is 2. The summed E-state index contributed by atoms with van der Waals surface area (Å²) in [5.74, 6) is 1.94. The monoisotopic (exact) mass is 424 g/mol. The lowest BCUT2D eigenvalue weighted by Gasteiger charge is -2.36. The van der Waals surface area contributed by atoms with Gasteiger partial charge in [0.1, 0.15) is 16.5 Å². The van der Waals surface area contributed by atoms with E-state index >= 15 is 0 Å². The molecule has 2 aliphatic heterocycles. The van der Waals surface area contributed by atoms with Gasteiger partial charge in [-0.05, 0) is 19.4 Å². The molecule has 3 aromatic rings. The third kappa shape index (κ3) is 4.07. The normalized spacial score (nSPS) is 23.2. The van der Waals surface area contributed by atoms with Gasteiger partial charge in [0.25, 0.3) is 0 Å². The molecule has 0 amide bonds. The van der Waals surface area contributed by atoms with Gasteiger partial charge in [0.05, 0.1) is 37.4 Å². The fourth-order valence-electron chi connectivity index (χ4n) is 4.41. The zero-order chi connectivity index (χ0) is 20.5. The van der Waals surface area contributed by atoms with Crippen molar-refractivity contribution in [1.82, 2.24) is 14.9 Å². The standard InChI is InChI=1S/C23H28N4O2S/c1-16-12-27(13-17(2)29-16)22-21-19(18-6-4-3-5-7-18)15-30-23(21)25-20(24-22)14-26-8-10-28-11-9-26/h3-7,15-17H,8-14H2,1-2H3/t16-,17-/m0/s1. The summed E-state index contributed by atoms with van der Waals surface area (Å²) in [6.07, 6.45) is 0.362. The van der Waals surface area contributed by atoms with Crippen molar-refractivity contribution < 1.29 is 9.47 Å². The van der Waals surface area contributed by atoms with E-state index in [1.54, 1.807) is 11.3 Å². The van der Waals surface area contributed by atoms with E-state index in [0.717, 1.165) is 62.4 Å². The largest absolute Gasteiger partial charge is 0.379 e. The van der Waals surface area contributed by atoms with Crippen LogP contribution in [0.4, 0.5) is 5.82 Å². The van der Waals surface area contributed by atoms with Crippen molar-refractivity contribution in [1.29, 1.82) is 0 Å². The van der Waals surface area contributed by atoms with E-state index in [4.69, 9.17) is 19.4 Å². The minimum atomic E-state index is 0.181. The summed E-state index contributed by atoms with van der Waals surface area (Å²) in [5, 5.41) is 3.39. The highest BCUT2D eigenvalue weighted by Crippen LogP contribution is 2.39. The second kappa shape index (κ2) is 8.59. The molecule has 0 radical (unpaired) electrons. The second-order valence-electron chi connectivity index (χ2n) is 8.21. The molecule has 5 rings (SSSR count). The number of morpholine rings is 2. The SMILES string of the molecule is C[C@H]1CN(c2nc(CN3CCOCC3)nc3scc(-c4ccccc4)c23)C[C@H](C)O1. The molecule has 6 nitrogen and oxygen atoms in total. The van der Waals surface area contributed by atoms with Crippen LogP contribution in [-0.2, 0) is 16.0 Å². The van der Waals surface area contributed by atoms with Gasteiger partial charge in [-0.3, -0.25) is 4.90 Å². The Balaban J connectivity index is 1.59. The number of rotatable bonds is 4. The molecule has 0 bridgehead atoms. The molecule has 2 fully saturated rings. The van der Waals surface area contributed by atoms with Crippen LogP contribution in [0.3, 0.4) is 0 Å². The molecule has 0 unspecified atom stereocenters. The van der Waals surface area contributed by atoms with E-state index in [9.17, 15) is 0 Å². The van der Waals surface area contributed by atoms with E-state index in [1.807, 2.05) is 0 Å². The topological polar surface area (TPSA) is 50.7 Å². The Morgan fingerprint density at radius 1 is 1.03 bits per heavy atom. The molecule has 2 aromatic heterocycles. The molecular weight excluding hydrogens is 396 g/mol. The third-order valence-corrected chi connectivity index (χ3v) is 6.61. The molecule has 2 atom stereocenters. The van der Waals surface area contributed by atoms with Gasteiger partial charge in [-0.15, -0.1) is 11.3 Å². The van der Waals surface area contributed by atoms with Gasteiger partial charge in [0.15, 0.2) is 0 Å². The lowest BCUT2D eigenvalue weighted by atomic mass is 10.1. The Bertz CT molecular complexity index is 993. The Morgan fingerprint density at radius 3 is 2.50 bits per heavy atom. The lowest BCUT2D eigenvalue weighted by molar-refractivity contribution is -0.00541. The fourth-order valence-corrected chi connectivity index (χ4v) is 5.37. The highest BCUT2D eigenvalue weighted by atomic mass is 32.1. The van der Waals surface area contributed by atoms with Crippen molar-refractivity contribution >= 4 is 27.4 Å². The van der Waals surface area contributed by atoms with Gasteiger partial charge >= 0.3 is 0 Å². The average molecular weight is 425 g/mol. The zero-order valence-electron chi connectivity index (χ0n) is 17.6. The number of thiophene rings is 1. The van der Waals surface area contributed by atoms with Gasteiger partial charge in [0.2, 0.25) is 0 Å². The van der Waals surface area contributed by atoms with Gasteiger partial charge in [-0.1, -0.05) is 30.3 Å². The number of hydrogen-bond acceptors (Lipinski definition) is 7. The minimum Gasteiger partial charge on any atom is -0.379 e. The van der Waals surface area contributed by atoms with Crippen LogP contribution < -0.4 is 4.90 Å². The van der Waals surface area contributed by atoms with E-state index < -0.39 is 0 Å². The van der Waals surface area contributed by atoms with E-state index in [1.165, 1.54) is 16.5 Å². The molecule has 0 N–H and O–H groups in total. The molecule has 30 heavy (non-hydrogen) atoms. The second-order valence-corrected chi connectivity index (χ2v) is 9.07. The molecule has 4 heterocycles. The number of hydrogen-bond donors (Lipinski definition) is 0. The maximum Gasteiger partial charge on any atom is 0.146 e. The van der Waals surface area contributed by atoms with Crippen LogP contribution >= 0.6 is 11.3 Å². The quantitative estimate of drug-likeness (QED) is 0.635. The summed E-state index contributed by atoms with van der Waals surface area (Å²) >= 11 is 1.71. The summed E-state index contributed by atoms with van der Waals surface area (Å²) in [6, 6.07) is 10.6. The first-order valence-corrected chi connectivity index (χ1v) is 11.6. The Hall–Kier alpha value is -2.06. The third-order valence-electron chi connectivity index (χ3n) is 5.73. The highest BCUT2D eigenvalue weighted by Gasteiger charge is 2.27. The van der Waals surface area contributed by atoms with E-state index in [0.29, 0.717) is 0 Å². The van der Waals surface area contributed by atoms with E-state index in [2.05, 4.69) is 59.4 Å². The predicted molar refractivity (Wildman–Crippen MR) is 121 cm³/mol. The van der Waals surface area contributed by atoms with Crippen molar-refractivity contribution in [3.05, 3.63) is 41.5 Å². The molecule has 1 aromatic carbocycles. The van der Waals surface area contributed by atoms with Crippen LogP contribution in [0.2, 0.25) is 0 Å². The maximum absolute atomic E-state index is 5.99. The van der Waals surface area contributed by atoms with Crippen LogP contribution in [0.15, 0.2) is 35.7 Å². The Kier molecular flexibility index (Phi) is 5.69. The number of fused-ring (bicyclic) bond motifs is 1. The number of nitrogens with zero attached hydrogens (tertiary/aromatic N) is 4. The van der Waals surface area contributed by atoms with Crippen molar-refractivity contribution in [2.24, 2.45) is 0 Å². The summed E-state index contributed by atoms with van der Waals surface area (Å²) in [7, 11) is 0. The van der Waals surface area contributed by atoms with Gasteiger partial charge < -0.3 is 14.4 Å². The molecular formula is C23H28N4O2S. The first kappa shape index (κ1) is 19.9. The summed E-state index contributed by atoms with van der Waals surface area (Å²) in [5.41, 5.74) is 2.43. The summed E-state index contributed by atoms with van der Waals surface area (Å²) < 4.78 is 11.5.